The molecule has 0 aliphatic carbocycles. The minimum atomic E-state index is -0.114. The van der Waals surface area contributed by atoms with Crippen LogP contribution in [0.1, 0.15) is 34.6 Å². The molecular formula is C16H25N5O2S. The first-order chi connectivity index (χ1) is 11.4. The molecular weight excluding hydrogens is 326 g/mol. The topological polar surface area (TPSA) is 77.6 Å². The molecule has 2 saturated heterocycles. The molecule has 0 aromatic carbocycles. The fraction of sp³-hybridized carbons (Fsp3) is 0.688. The van der Waals surface area contributed by atoms with Crippen molar-refractivity contribution in [3.63, 3.8) is 0 Å². The Morgan fingerprint density at radius 1 is 1.38 bits per heavy atom. The Morgan fingerprint density at radius 3 is 2.88 bits per heavy atom. The lowest BCUT2D eigenvalue weighted by Gasteiger charge is -2.49. The molecule has 0 radical (unpaired) electrons. The van der Waals surface area contributed by atoms with Crippen LogP contribution >= 0.6 is 11.3 Å². The third kappa shape index (κ3) is 3.12. The van der Waals surface area contributed by atoms with Crippen molar-refractivity contribution >= 4 is 28.3 Å². The molecule has 2 aliphatic rings. The van der Waals surface area contributed by atoms with Crippen molar-refractivity contribution in [3.8, 4) is 0 Å². The second-order valence-corrected chi connectivity index (χ2v) is 7.66. The highest BCUT2D eigenvalue weighted by atomic mass is 32.1. The van der Waals surface area contributed by atoms with Crippen LogP contribution in [-0.2, 0) is 4.79 Å². The summed E-state index contributed by atoms with van der Waals surface area (Å²) in [7, 11) is 3.92. The third-order valence-electron chi connectivity index (χ3n) is 5.22. The maximum absolute atomic E-state index is 13.0. The van der Waals surface area contributed by atoms with Gasteiger partial charge in [-0.1, -0.05) is 11.3 Å². The van der Waals surface area contributed by atoms with Crippen molar-refractivity contribution < 1.29 is 9.59 Å². The van der Waals surface area contributed by atoms with Crippen LogP contribution in [0.4, 0.5) is 5.13 Å². The average molecular weight is 351 g/mol. The van der Waals surface area contributed by atoms with Crippen molar-refractivity contribution in [2.75, 3.05) is 45.6 Å². The van der Waals surface area contributed by atoms with E-state index in [2.05, 4.69) is 27.6 Å². The molecule has 1 aromatic rings. The van der Waals surface area contributed by atoms with Crippen LogP contribution < -0.4 is 10.6 Å². The first-order valence-corrected chi connectivity index (χ1v) is 9.19. The molecule has 1 spiro atoms. The summed E-state index contributed by atoms with van der Waals surface area (Å²) < 4.78 is 0. The van der Waals surface area contributed by atoms with Gasteiger partial charge < -0.3 is 15.5 Å². The summed E-state index contributed by atoms with van der Waals surface area (Å²) in [5.74, 6) is 0.170. The zero-order valence-corrected chi connectivity index (χ0v) is 15.3. The number of nitrogens with one attached hydrogen (secondary N) is 2. The molecule has 2 fully saturated rings. The van der Waals surface area contributed by atoms with E-state index in [-0.39, 0.29) is 17.4 Å². The molecule has 7 nitrogen and oxygen atoms in total. The first kappa shape index (κ1) is 17.2. The smallest absolute Gasteiger partial charge is 0.266 e. The minimum Gasteiger partial charge on any atom is -0.365 e. The predicted molar refractivity (Wildman–Crippen MR) is 94.5 cm³/mol. The maximum Gasteiger partial charge on any atom is 0.266 e. The Balaban J connectivity index is 1.80. The molecule has 3 heterocycles. The van der Waals surface area contributed by atoms with Crippen LogP contribution in [-0.4, -0.2) is 72.4 Å². The largest absolute Gasteiger partial charge is 0.365 e. The van der Waals surface area contributed by atoms with Gasteiger partial charge in [0, 0.05) is 45.2 Å². The zero-order chi connectivity index (χ0) is 17.3. The molecule has 2 amide bonds. The number of aromatic nitrogens is 1. The zero-order valence-electron chi connectivity index (χ0n) is 14.5. The van der Waals surface area contributed by atoms with E-state index in [1.807, 2.05) is 18.9 Å². The van der Waals surface area contributed by atoms with E-state index in [1.165, 1.54) is 11.3 Å². The van der Waals surface area contributed by atoms with Gasteiger partial charge >= 0.3 is 0 Å². The summed E-state index contributed by atoms with van der Waals surface area (Å²) in [6.45, 7) is 4.77. The number of carbonyl (C=O) groups excluding carboxylic acids is 2. The predicted octanol–water partition coefficient (Wildman–Crippen LogP) is 0.920. The van der Waals surface area contributed by atoms with E-state index in [0.717, 1.165) is 30.2 Å². The number of rotatable bonds is 2. The molecule has 0 unspecified atom stereocenters. The second kappa shape index (κ2) is 6.68. The summed E-state index contributed by atoms with van der Waals surface area (Å²) in [4.78, 5) is 34.1. The molecule has 1 aromatic heterocycles. The highest BCUT2D eigenvalue weighted by Gasteiger charge is 2.42. The number of carbonyl (C=O) groups is 2. The van der Waals surface area contributed by atoms with E-state index in [9.17, 15) is 9.59 Å². The summed E-state index contributed by atoms with van der Waals surface area (Å²) in [6, 6.07) is 0. The lowest BCUT2D eigenvalue weighted by atomic mass is 9.86. The molecule has 0 bridgehead atoms. The van der Waals surface area contributed by atoms with Crippen molar-refractivity contribution in [2.45, 2.75) is 31.7 Å². The van der Waals surface area contributed by atoms with Gasteiger partial charge in [0.2, 0.25) is 5.91 Å². The van der Waals surface area contributed by atoms with Crippen LogP contribution in [0.3, 0.4) is 0 Å². The summed E-state index contributed by atoms with van der Waals surface area (Å²) in [5, 5.41) is 6.72. The monoisotopic (exact) mass is 351 g/mol. The number of amides is 2. The van der Waals surface area contributed by atoms with Gasteiger partial charge in [-0.25, -0.2) is 4.98 Å². The van der Waals surface area contributed by atoms with E-state index < -0.39 is 0 Å². The standard InChI is InChI=1S/C16H25N5O2S/c1-11-13(24-15(17-2)19-11)14(23)21-9-8-20(3)16(10-21)5-4-12(22)18-7-6-16/h4-10H2,1-3H3,(H,17,19)(H,18,22)/t16-/m1/s1. The van der Waals surface area contributed by atoms with Gasteiger partial charge in [-0.3, -0.25) is 14.5 Å². The number of aryl methyl sites for hydroxylation is 1. The summed E-state index contributed by atoms with van der Waals surface area (Å²) in [5.41, 5.74) is 0.664. The van der Waals surface area contributed by atoms with Crippen LogP contribution in [0, 0.1) is 6.92 Å². The molecule has 3 rings (SSSR count). The van der Waals surface area contributed by atoms with Gasteiger partial charge in [0.1, 0.15) is 4.88 Å². The number of anilines is 1. The first-order valence-electron chi connectivity index (χ1n) is 8.37. The van der Waals surface area contributed by atoms with Crippen LogP contribution in [0.5, 0.6) is 0 Å². The highest BCUT2D eigenvalue weighted by molar-refractivity contribution is 7.17. The fourth-order valence-electron chi connectivity index (χ4n) is 3.62. The number of thiazole rings is 1. The molecule has 2 aliphatic heterocycles. The van der Waals surface area contributed by atoms with Crippen molar-refractivity contribution in [2.24, 2.45) is 0 Å². The second-order valence-electron chi connectivity index (χ2n) is 6.66. The van der Waals surface area contributed by atoms with Crippen LogP contribution in [0.25, 0.3) is 0 Å². The average Bonchev–Trinajstić information content (AvgIpc) is 2.85. The maximum atomic E-state index is 13.0. The van der Waals surface area contributed by atoms with Crippen LogP contribution in [0.2, 0.25) is 0 Å². The normalized spacial score (nSPS) is 25.5. The van der Waals surface area contributed by atoms with E-state index in [1.54, 1.807) is 0 Å². The quantitative estimate of drug-likeness (QED) is 0.828. The number of likely N-dealkylation sites (N-methyl/N-ethyl adjacent to an activating group) is 1. The molecule has 132 valence electrons. The molecule has 8 heteroatoms. The van der Waals surface area contributed by atoms with Crippen LogP contribution in [0.15, 0.2) is 0 Å². The summed E-state index contributed by atoms with van der Waals surface area (Å²) >= 11 is 1.41. The van der Waals surface area contributed by atoms with Gasteiger partial charge in [-0.2, -0.15) is 0 Å². The van der Waals surface area contributed by atoms with Gasteiger partial charge in [-0.05, 0) is 26.8 Å². The molecule has 1 atom stereocenters. The molecule has 2 N–H and O–H groups in total. The van der Waals surface area contributed by atoms with Gasteiger partial charge in [0.05, 0.1) is 5.69 Å². The SMILES string of the molecule is CNc1nc(C)c(C(=O)N2CCN(C)[C@]3(CCNC(=O)CC3)C2)s1. The van der Waals surface area contributed by atoms with E-state index >= 15 is 0 Å². The summed E-state index contributed by atoms with van der Waals surface area (Å²) in [6.07, 6.45) is 2.20. The van der Waals surface area contributed by atoms with Gasteiger partial charge in [-0.15, -0.1) is 0 Å². The molecule has 0 saturated carbocycles. The van der Waals surface area contributed by atoms with E-state index in [4.69, 9.17) is 0 Å². The lowest BCUT2D eigenvalue weighted by Crippen LogP contribution is -2.62. The Morgan fingerprint density at radius 2 is 2.17 bits per heavy atom. The number of hydrogen-bond donors (Lipinski definition) is 2. The van der Waals surface area contributed by atoms with Gasteiger partial charge in [0.25, 0.3) is 5.91 Å². The lowest BCUT2D eigenvalue weighted by molar-refractivity contribution is -0.121. The Bertz CT molecular complexity index is 646. The minimum absolute atomic E-state index is 0.0579. The molecule has 24 heavy (non-hydrogen) atoms. The Labute approximate surface area is 146 Å². The van der Waals surface area contributed by atoms with Crippen molar-refractivity contribution in [1.82, 2.24) is 20.1 Å². The fourth-order valence-corrected chi connectivity index (χ4v) is 4.50. The third-order valence-corrected chi connectivity index (χ3v) is 6.39. The van der Waals surface area contributed by atoms with Gasteiger partial charge in [0.15, 0.2) is 5.13 Å². The number of hydrogen-bond acceptors (Lipinski definition) is 6. The Kier molecular flexibility index (Phi) is 4.78. The highest BCUT2D eigenvalue weighted by Crippen LogP contribution is 2.32. The number of piperazine rings is 1. The number of nitrogens with zero attached hydrogens (tertiary/aromatic N) is 3. The van der Waals surface area contributed by atoms with E-state index in [0.29, 0.717) is 30.9 Å². The van der Waals surface area contributed by atoms with Crippen molar-refractivity contribution in [3.05, 3.63) is 10.6 Å². The Hall–Kier alpha value is -1.67. The van der Waals surface area contributed by atoms with Crippen molar-refractivity contribution in [1.29, 1.82) is 0 Å².